The summed E-state index contributed by atoms with van der Waals surface area (Å²) in [4.78, 5) is 10.2. The van der Waals surface area contributed by atoms with Gasteiger partial charge < -0.3 is 15.3 Å². The van der Waals surface area contributed by atoms with E-state index in [0.29, 0.717) is 18.9 Å². The van der Waals surface area contributed by atoms with Gasteiger partial charge in [-0.1, -0.05) is 0 Å². The highest BCUT2D eigenvalue weighted by Gasteiger charge is 2.35. The number of aromatic amines is 1. The molecule has 1 fully saturated rings. The van der Waals surface area contributed by atoms with Crippen LogP contribution in [0.4, 0.5) is 16.2 Å². The molecule has 1 aliphatic carbocycles. The van der Waals surface area contributed by atoms with Crippen LogP contribution in [-0.4, -0.2) is 52.0 Å². The van der Waals surface area contributed by atoms with E-state index in [1.54, 1.807) is 6.07 Å². The average molecular weight is 320 g/mol. The van der Waals surface area contributed by atoms with Crippen molar-refractivity contribution in [1.82, 2.24) is 20.2 Å². The second kappa shape index (κ2) is 6.49. The van der Waals surface area contributed by atoms with Crippen LogP contribution in [0.3, 0.4) is 0 Å². The monoisotopic (exact) mass is 320 g/mol. The Morgan fingerprint density at radius 2 is 2.26 bits per heavy atom. The fraction of sp³-hybridized carbons (Fsp3) is 0.533. The van der Waals surface area contributed by atoms with E-state index >= 15 is 0 Å². The first-order valence-electron chi connectivity index (χ1n) is 7.66. The molecule has 0 aromatic carbocycles. The minimum atomic E-state index is -0.452. The summed E-state index contributed by atoms with van der Waals surface area (Å²) in [5, 5.41) is 20.3. The third-order valence-electron chi connectivity index (χ3n) is 4.23. The van der Waals surface area contributed by atoms with E-state index in [-0.39, 0.29) is 23.5 Å². The number of nitrogens with one attached hydrogen (secondary N) is 2. The van der Waals surface area contributed by atoms with Gasteiger partial charge in [-0.2, -0.15) is 4.98 Å². The number of aliphatic hydroxyl groups is 1. The summed E-state index contributed by atoms with van der Waals surface area (Å²) < 4.78 is 13.6. The van der Waals surface area contributed by atoms with Crippen molar-refractivity contribution in [3.05, 3.63) is 30.0 Å². The van der Waals surface area contributed by atoms with E-state index in [4.69, 9.17) is 0 Å². The van der Waals surface area contributed by atoms with Gasteiger partial charge in [0.2, 0.25) is 5.95 Å². The number of hydrogen-bond donors (Lipinski definition) is 3. The van der Waals surface area contributed by atoms with Gasteiger partial charge in [0.25, 0.3) is 0 Å². The normalized spacial score (nSPS) is 23.9. The Bertz CT molecular complexity index is 661. The van der Waals surface area contributed by atoms with Crippen molar-refractivity contribution in [2.75, 3.05) is 30.9 Å². The van der Waals surface area contributed by atoms with Crippen LogP contribution in [0, 0.1) is 11.7 Å². The van der Waals surface area contributed by atoms with E-state index in [0.717, 1.165) is 12.2 Å². The highest BCUT2D eigenvalue weighted by molar-refractivity contribution is 5.35. The zero-order valence-corrected chi connectivity index (χ0v) is 13.2. The minimum absolute atomic E-state index is 0.0225. The van der Waals surface area contributed by atoms with Gasteiger partial charge in [0.1, 0.15) is 5.82 Å². The first-order valence-corrected chi connectivity index (χ1v) is 7.66. The SMILES string of the molecule is CN(C)c1n[nH]c([C@H]2C[C@H](CNc3ncccc3F)[C@H](O)C2)n1. The van der Waals surface area contributed by atoms with Crippen LogP contribution in [0.2, 0.25) is 0 Å². The molecule has 0 amide bonds. The molecule has 7 nitrogen and oxygen atoms in total. The van der Waals surface area contributed by atoms with Crippen molar-refractivity contribution >= 4 is 11.8 Å². The molecule has 2 aromatic heterocycles. The zero-order chi connectivity index (χ0) is 16.4. The summed E-state index contributed by atoms with van der Waals surface area (Å²) in [7, 11) is 3.76. The molecule has 3 rings (SSSR count). The third kappa shape index (κ3) is 3.42. The van der Waals surface area contributed by atoms with Crippen molar-refractivity contribution in [1.29, 1.82) is 0 Å². The summed E-state index contributed by atoms with van der Waals surface area (Å²) in [5.41, 5.74) is 0. The highest BCUT2D eigenvalue weighted by Crippen LogP contribution is 2.37. The van der Waals surface area contributed by atoms with Crippen molar-refractivity contribution in [2.45, 2.75) is 24.9 Å². The molecule has 3 atom stereocenters. The number of hydrogen-bond acceptors (Lipinski definition) is 6. The lowest BCUT2D eigenvalue weighted by atomic mass is 10.0. The maximum Gasteiger partial charge on any atom is 0.244 e. The van der Waals surface area contributed by atoms with E-state index in [2.05, 4.69) is 25.5 Å². The van der Waals surface area contributed by atoms with Gasteiger partial charge in [0.15, 0.2) is 11.6 Å². The summed E-state index contributed by atoms with van der Waals surface area (Å²) in [6.07, 6.45) is 2.48. The average Bonchev–Trinajstić information content (AvgIpc) is 3.13. The summed E-state index contributed by atoms with van der Waals surface area (Å²) >= 11 is 0. The summed E-state index contributed by atoms with van der Waals surface area (Å²) in [6.45, 7) is 0.472. The minimum Gasteiger partial charge on any atom is -0.393 e. The lowest BCUT2D eigenvalue weighted by Gasteiger charge is -2.15. The topological polar surface area (TPSA) is 90.0 Å². The number of rotatable bonds is 5. The lowest BCUT2D eigenvalue weighted by molar-refractivity contribution is 0.137. The second-order valence-corrected chi connectivity index (χ2v) is 6.13. The Labute approximate surface area is 134 Å². The molecule has 0 aliphatic heterocycles. The molecular formula is C15H21FN6O. The van der Waals surface area contributed by atoms with Gasteiger partial charge in [-0.3, -0.25) is 5.10 Å². The third-order valence-corrected chi connectivity index (χ3v) is 4.23. The van der Waals surface area contributed by atoms with Crippen molar-refractivity contribution in [2.24, 2.45) is 5.92 Å². The van der Waals surface area contributed by atoms with Crippen molar-refractivity contribution in [3.63, 3.8) is 0 Å². The molecule has 0 bridgehead atoms. The number of pyridine rings is 1. The maximum atomic E-state index is 13.6. The molecule has 2 aromatic rings. The first kappa shape index (κ1) is 15.7. The number of aromatic nitrogens is 4. The fourth-order valence-electron chi connectivity index (χ4n) is 2.94. The fourth-order valence-corrected chi connectivity index (χ4v) is 2.94. The molecule has 0 unspecified atom stereocenters. The quantitative estimate of drug-likeness (QED) is 0.771. The molecule has 1 aliphatic rings. The summed E-state index contributed by atoms with van der Waals surface area (Å²) in [5.74, 6) is 1.41. The summed E-state index contributed by atoms with van der Waals surface area (Å²) in [6, 6.07) is 2.91. The Morgan fingerprint density at radius 3 is 2.96 bits per heavy atom. The zero-order valence-electron chi connectivity index (χ0n) is 13.2. The second-order valence-electron chi connectivity index (χ2n) is 6.13. The van der Waals surface area contributed by atoms with Gasteiger partial charge in [0, 0.05) is 38.7 Å². The van der Waals surface area contributed by atoms with E-state index in [1.165, 1.54) is 12.3 Å². The molecule has 0 saturated heterocycles. The van der Waals surface area contributed by atoms with Crippen LogP contribution in [0.5, 0.6) is 0 Å². The largest absolute Gasteiger partial charge is 0.393 e. The Morgan fingerprint density at radius 1 is 1.43 bits per heavy atom. The number of H-pyrrole nitrogens is 1. The van der Waals surface area contributed by atoms with Crippen LogP contribution in [0.25, 0.3) is 0 Å². The Kier molecular flexibility index (Phi) is 4.42. The van der Waals surface area contributed by atoms with Gasteiger partial charge in [-0.05, 0) is 25.0 Å². The maximum absolute atomic E-state index is 13.6. The molecule has 2 heterocycles. The standard InChI is InChI=1S/C15H21FN6O/c1-22(2)15-19-13(20-21-15)9-6-10(12(23)7-9)8-18-14-11(16)4-3-5-17-14/h3-5,9-10,12,23H,6-8H2,1-2H3,(H,17,18)(H,19,20,21)/t9-,10+,12+/m0/s1. The van der Waals surface area contributed by atoms with Crippen LogP contribution in [0.15, 0.2) is 18.3 Å². The van der Waals surface area contributed by atoms with Gasteiger partial charge >= 0.3 is 0 Å². The van der Waals surface area contributed by atoms with Crippen LogP contribution in [0.1, 0.15) is 24.6 Å². The molecule has 3 N–H and O–H groups in total. The molecule has 23 heavy (non-hydrogen) atoms. The van der Waals surface area contributed by atoms with Gasteiger partial charge in [-0.25, -0.2) is 9.37 Å². The number of anilines is 2. The lowest BCUT2D eigenvalue weighted by Crippen LogP contribution is -2.22. The molecule has 8 heteroatoms. The van der Waals surface area contributed by atoms with Gasteiger partial charge in [0.05, 0.1) is 6.10 Å². The number of aliphatic hydroxyl groups excluding tert-OH is 1. The smallest absolute Gasteiger partial charge is 0.244 e. The van der Waals surface area contributed by atoms with Crippen LogP contribution in [-0.2, 0) is 0 Å². The molecular weight excluding hydrogens is 299 g/mol. The Hall–Kier alpha value is -2.22. The van der Waals surface area contributed by atoms with Crippen LogP contribution < -0.4 is 10.2 Å². The van der Waals surface area contributed by atoms with Crippen molar-refractivity contribution in [3.8, 4) is 0 Å². The number of halogens is 1. The molecule has 0 radical (unpaired) electrons. The van der Waals surface area contributed by atoms with Gasteiger partial charge in [-0.15, -0.1) is 5.10 Å². The molecule has 124 valence electrons. The number of nitrogens with zero attached hydrogens (tertiary/aromatic N) is 4. The van der Waals surface area contributed by atoms with Crippen LogP contribution >= 0.6 is 0 Å². The Balaban J connectivity index is 1.61. The predicted molar refractivity (Wildman–Crippen MR) is 84.9 cm³/mol. The highest BCUT2D eigenvalue weighted by atomic mass is 19.1. The molecule has 1 saturated carbocycles. The van der Waals surface area contributed by atoms with E-state index in [1.807, 2.05) is 19.0 Å². The molecule has 0 spiro atoms. The predicted octanol–water partition coefficient (Wildman–Crippen LogP) is 1.37. The van der Waals surface area contributed by atoms with Crippen molar-refractivity contribution < 1.29 is 9.50 Å². The van der Waals surface area contributed by atoms with E-state index in [9.17, 15) is 9.50 Å². The first-order chi connectivity index (χ1) is 11.0. The van der Waals surface area contributed by atoms with E-state index < -0.39 is 6.10 Å².